The molecule has 4 nitrogen and oxygen atoms in total. The van der Waals surface area contributed by atoms with Crippen molar-refractivity contribution in [2.45, 2.75) is 26.8 Å². The first-order chi connectivity index (χ1) is 8.08. The summed E-state index contributed by atoms with van der Waals surface area (Å²) in [6.07, 6.45) is 0.849. The van der Waals surface area contributed by atoms with Crippen LogP contribution in [0.25, 0.3) is 11.0 Å². The normalized spacial score (nSPS) is 11.2. The van der Waals surface area contributed by atoms with Crippen LogP contribution in [0.2, 0.25) is 0 Å². The van der Waals surface area contributed by atoms with Crippen LogP contribution in [-0.4, -0.2) is 15.5 Å². The zero-order valence-electron chi connectivity index (χ0n) is 10.2. The molecule has 4 heteroatoms. The van der Waals surface area contributed by atoms with Crippen LogP contribution in [0.1, 0.15) is 19.7 Å². The molecule has 0 aliphatic heterocycles. The Balaban J connectivity index is 2.52. The lowest BCUT2D eigenvalue weighted by atomic mass is 10.1. The molecular weight excluding hydrogens is 214 g/mol. The van der Waals surface area contributed by atoms with E-state index in [1.807, 2.05) is 28.8 Å². The van der Waals surface area contributed by atoms with E-state index in [9.17, 15) is 4.79 Å². The first-order valence-corrected chi connectivity index (χ1v) is 5.80. The van der Waals surface area contributed by atoms with Gasteiger partial charge in [-0.25, -0.2) is 4.98 Å². The third-order valence-electron chi connectivity index (χ3n) is 2.64. The molecule has 1 aromatic heterocycles. The maximum atomic E-state index is 11.1. The van der Waals surface area contributed by atoms with E-state index in [-0.39, 0.29) is 12.5 Å². The second-order valence-corrected chi connectivity index (χ2v) is 4.67. The Kier molecular flexibility index (Phi) is 3.13. The first kappa shape index (κ1) is 11.6. The quantitative estimate of drug-likeness (QED) is 0.871. The minimum atomic E-state index is -0.335. The molecule has 1 heterocycles. The van der Waals surface area contributed by atoms with Crippen molar-refractivity contribution < 1.29 is 4.79 Å². The van der Waals surface area contributed by atoms with Crippen molar-refractivity contribution >= 4 is 16.9 Å². The number of amides is 1. The van der Waals surface area contributed by atoms with Gasteiger partial charge in [-0.1, -0.05) is 26.0 Å². The van der Waals surface area contributed by atoms with Gasteiger partial charge in [0.2, 0.25) is 5.91 Å². The highest BCUT2D eigenvalue weighted by atomic mass is 16.1. The fourth-order valence-corrected chi connectivity index (χ4v) is 1.98. The summed E-state index contributed by atoms with van der Waals surface area (Å²) in [6, 6.07) is 7.81. The van der Waals surface area contributed by atoms with Gasteiger partial charge in [-0.15, -0.1) is 0 Å². The highest BCUT2D eigenvalue weighted by Crippen LogP contribution is 2.18. The number of nitrogens with two attached hydrogens (primary N) is 1. The van der Waals surface area contributed by atoms with Gasteiger partial charge in [-0.3, -0.25) is 4.79 Å². The van der Waals surface area contributed by atoms with Crippen LogP contribution in [0.3, 0.4) is 0 Å². The Labute approximate surface area is 100 Å². The van der Waals surface area contributed by atoms with Gasteiger partial charge in [0.05, 0.1) is 11.0 Å². The number of carbonyl (C=O) groups excluding carboxylic acids is 1. The predicted octanol–water partition coefficient (Wildman–Crippen LogP) is 1.72. The number of imidazole rings is 1. The van der Waals surface area contributed by atoms with Gasteiger partial charge < -0.3 is 10.3 Å². The molecular formula is C13H17N3O. The zero-order chi connectivity index (χ0) is 12.4. The minimum Gasteiger partial charge on any atom is -0.368 e. The Bertz CT molecular complexity index is 543. The molecule has 0 fully saturated rings. The van der Waals surface area contributed by atoms with E-state index in [1.165, 1.54) is 0 Å². The van der Waals surface area contributed by atoms with E-state index in [4.69, 9.17) is 5.73 Å². The summed E-state index contributed by atoms with van der Waals surface area (Å²) >= 11 is 0. The van der Waals surface area contributed by atoms with Crippen LogP contribution in [0.15, 0.2) is 24.3 Å². The number of rotatable bonds is 4. The van der Waals surface area contributed by atoms with Crippen molar-refractivity contribution in [1.29, 1.82) is 0 Å². The smallest absolute Gasteiger partial charge is 0.237 e. The average Bonchev–Trinajstić information content (AvgIpc) is 2.55. The maximum absolute atomic E-state index is 11.1. The predicted molar refractivity (Wildman–Crippen MR) is 67.5 cm³/mol. The summed E-state index contributed by atoms with van der Waals surface area (Å²) in [5.74, 6) is 1.09. The maximum Gasteiger partial charge on any atom is 0.237 e. The number of primary amides is 1. The summed E-state index contributed by atoms with van der Waals surface area (Å²) in [7, 11) is 0. The molecule has 0 aliphatic carbocycles. The van der Waals surface area contributed by atoms with Crippen molar-refractivity contribution in [3.8, 4) is 0 Å². The fraction of sp³-hybridized carbons (Fsp3) is 0.385. The van der Waals surface area contributed by atoms with Crippen LogP contribution in [0.5, 0.6) is 0 Å². The molecule has 2 N–H and O–H groups in total. The molecule has 0 bridgehead atoms. The van der Waals surface area contributed by atoms with Crippen molar-refractivity contribution in [1.82, 2.24) is 9.55 Å². The number of carbonyl (C=O) groups is 1. The summed E-state index contributed by atoms with van der Waals surface area (Å²) in [4.78, 5) is 15.7. The van der Waals surface area contributed by atoms with Crippen molar-refractivity contribution in [3.05, 3.63) is 30.1 Å². The number of nitrogens with zero attached hydrogens (tertiary/aromatic N) is 2. The number of fused-ring (bicyclic) bond motifs is 1. The summed E-state index contributed by atoms with van der Waals surface area (Å²) in [6.45, 7) is 4.46. The van der Waals surface area contributed by atoms with Crippen LogP contribution in [-0.2, 0) is 17.8 Å². The van der Waals surface area contributed by atoms with E-state index in [2.05, 4.69) is 18.8 Å². The number of hydrogen-bond donors (Lipinski definition) is 1. The van der Waals surface area contributed by atoms with Gasteiger partial charge in [-0.2, -0.15) is 0 Å². The van der Waals surface area contributed by atoms with E-state index in [0.29, 0.717) is 5.92 Å². The van der Waals surface area contributed by atoms with Crippen molar-refractivity contribution in [2.75, 3.05) is 0 Å². The highest BCUT2D eigenvalue weighted by Gasteiger charge is 2.12. The molecule has 0 saturated carbocycles. The molecule has 1 amide bonds. The largest absolute Gasteiger partial charge is 0.368 e. The van der Waals surface area contributed by atoms with Gasteiger partial charge in [0.15, 0.2) is 0 Å². The highest BCUT2D eigenvalue weighted by molar-refractivity contribution is 5.80. The van der Waals surface area contributed by atoms with Gasteiger partial charge in [0, 0.05) is 6.42 Å². The summed E-state index contributed by atoms with van der Waals surface area (Å²) < 4.78 is 1.91. The Morgan fingerprint density at radius 3 is 2.76 bits per heavy atom. The van der Waals surface area contributed by atoms with E-state index in [1.54, 1.807) is 0 Å². The molecule has 0 saturated heterocycles. The van der Waals surface area contributed by atoms with Crippen molar-refractivity contribution in [3.63, 3.8) is 0 Å². The molecule has 0 spiro atoms. The lowest BCUT2D eigenvalue weighted by Gasteiger charge is -2.08. The molecule has 2 rings (SSSR count). The number of benzene rings is 1. The molecule has 90 valence electrons. The van der Waals surface area contributed by atoms with Crippen LogP contribution < -0.4 is 5.73 Å². The number of aromatic nitrogens is 2. The molecule has 1 aromatic carbocycles. The standard InChI is InChI=1S/C13H17N3O/c1-9(2)7-13-15-10-5-3-4-6-11(10)16(13)8-12(14)17/h3-6,9H,7-8H2,1-2H3,(H2,14,17). The number of para-hydroxylation sites is 2. The lowest BCUT2D eigenvalue weighted by molar-refractivity contribution is -0.118. The minimum absolute atomic E-state index is 0.197. The van der Waals surface area contributed by atoms with E-state index < -0.39 is 0 Å². The second kappa shape index (κ2) is 4.57. The summed E-state index contributed by atoms with van der Waals surface area (Å²) in [5, 5.41) is 0. The SMILES string of the molecule is CC(C)Cc1nc2ccccc2n1CC(N)=O. The average molecular weight is 231 g/mol. The zero-order valence-corrected chi connectivity index (χ0v) is 10.2. The monoisotopic (exact) mass is 231 g/mol. The molecule has 2 aromatic rings. The Morgan fingerprint density at radius 1 is 1.41 bits per heavy atom. The van der Waals surface area contributed by atoms with E-state index in [0.717, 1.165) is 23.3 Å². The van der Waals surface area contributed by atoms with Crippen molar-refractivity contribution in [2.24, 2.45) is 11.7 Å². The summed E-state index contributed by atoms with van der Waals surface area (Å²) in [5.41, 5.74) is 7.18. The van der Waals surface area contributed by atoms with Crippen LogP contribution >= 0.6 is 0 Å². The topological polar surface area (TPSA) is 60.9 Å². The lowest BCUT2D eigenvalue weighted by Crippen LogP contribution is -2.20. The third-order valence-corrected chi connectivity index (χ3v) is 2.64. The molecule has 17 heavy (non-hydrogen) atoms. The number of hydrogen-bond acceptors (Lipinski definition) is 2. The molecule has 0 atom stereocenters. The Hall–Kier alpha value is -1.84. The molecule has 0 aliphatic rings. The Morgan fingerprint density at radius 2 is 2.12 bits per heavy atom. The van der Waals surface area contributed by atoms with E-state index >= 15 is 0 Å². The van der Waals surface area contributed by atoms with Gasteiger partial charge >= 0.3 is 0 Å². The molecule has 0 unspecified atom stereocenters. The van der Waals surface area contributed by atoms with Gasteiger partial charge in [-0.05, 0) is 18.1 Å². The second-order valence-electron chi connectivity index (χ2n) is 4.67. The first-order valence-electron chi connectivity index (χ1n) is 5.80. The van der Waals surface area contributed by atoms with Crippen LogP contribution in [0.4, 0.5) is 0 Å². The van der Waals surface area contributed by atoms with Gasteiger partial charge in [0.25, 0.3) is 0 Å². The fourth-order valence-electron chi connectivity index (χ4n) is 1.98. The van der Waals surface area contributed by atoms with Gasteiger partial charge in [0.1, 0.15) is 12.4 Å². The molecule has 0 radical (unpaired) electrons. The van der Waals surface area contributed by atoms with Crippen LogP contribution in [0, 0.1) is 5.92 Å². The third kappa shape index (κ3) is 2.46.